The molecule has 0 aliphatic rings. The highest BCUT2D eigenvalue weighted by molar-refractivity contribution is 5.92. The maximum atomic E-state index is 11.3. The molecule has 6 heterocycles. The first-order valence-corrected chi connectivity index (χ1v) is 27.7. The second kappa shape index (κ2) is 26.9. The van der Waals surface area contributed by atoms with Crippen LogP contribution in [0.3, 0.4) is 0 Å². The number of hydrogen-bond donors (Lipinski definition) is 1. The summed E-state index contributed by atoms with van der Waals surface area (Å²) >= 11 is 0. The first-order chi connectivity index (χ1) is 37.3. The van der Waals surface area contributed by atoms with Gasteiger partial charge in [-0.15, -0.1) is 0 Å². The number of benzene rings is 4. The van der Waals surface area contributed by atoms with Gasteiger partial charge in [0.1, 0.15) is 12.0 Å². The molecule has 4 aromatic carbocycles. The van der Waals surface area contributed by atoms with Crippen LogP contribution >= 0.6 is 0 Å². The lowest BCUT2D eigenvalue weighted by atomic mass is 9.86. The normalized spacial score (nSPS) is 11.7. The Morgan fingerprint density at radius 2 is 0.700 bits per heavy atom. The van der Waals surface area contributed by atoms with E-state index in [4.69, 9.17) is 0 Å². The van der Waals surface area contributed by atoms with Crippen LogP contribution in [0.1, 0.15) is 168 Å². The van der Waals surface area contributed by atoms with Gasteiger partial charge >= 0.3 is 0 Å². The fourth-order valence-electron chi connectivity index (χ4n) is 8.06. The van der Waals surface area contributed by atoms with Gasteiger partial charge in [-0.25, -0.2) is 9.97 Å². The summed E-state index contributed by atoms with van der Waals surface area (Å²) in [5.74, 6) is -0.143. The van der Waals surface area contributed by atoms with Crippen molar-refractivity contribution in [3.8, 4) is 0 Å². The van der Waals surface area contributed by atoms with Crippen molar-refractivity contribution in [2.75, 3.05) is 7.05 Å². The summed E-state index contributed by atoms with van der Waals surface area (Å²) in [7, 11) is 1.60. The van der Waals surface area contributed by atoms with Gasteiger partial charge in [0.25, 0.3) is 5.91 Å². The van der Waals surface area contributed by atoms with E-state index in [2.05, 4.69) is 268 Å². The first kappa shape index (κ1) is 63.1. The van der Waals surface area contributed by atoms with Crippen molar-refractivity contribution in [3.63, 3.8) is 0 Å². The Bertz CT molecular complexity index is 3210. The van der Waals surface area contributed by atoms with Gasteiger partial charge in [-0.3, -0.25) is 29.7 Å². The number of carbonyl (C=O) groups excluding carboxylic acids is 1. The predicted molar refractivity (Wildman–Crippen MR) is 339 cm³/mol. The fraction of sp³-hybridized carbons (Fsp3) is 0.352. The molecule has 0 fully saturated rings. The molecule has 1 amide bonds. The van der Waals surface area contributed by atoms with Gasteiger partial charge in [-0.2, -0.15) is 0 Å². The molecule has 0 spiro atoms. The molecule has 0 bridgehead atoms. The van der Waals surface area contributed by atoms with E-state index < -0.39 is 0 Å². The molecule has 0 aliphatic heterocycles. The highest BCUT2D eigenvalue weighted by Crippen LogP contribution is 2.29. The number of fused-ring (bicyclic) bond motifs is 4. The van der Waals surface area contributed by atoms with Gasteiger partial charge in [0.2, 0.25) is 0 Å². The van der Waals surface area contributed by atoms with Gasteiger partial charge in [0.15, 0.2) is 0 Å². The lowest BCUT2D eigenvalue weighted by molar-refractivity contribution is 0.0958. The van der Waals surface area contributed by atoms with E-state index in [0.717, 1.165) is 33.0 Å². The van der Waals surface area contributed by atoms with Gasteiger partial charge in [-0.1, -0.05) is 179 Å². The van der Waals surface area contributed by atoms with Crippen LogP contribution in [0.5, 0.6) is 0 Å². The average molecular weight is 1070 g/mol. The molecule has 10 aromatic rings. The number of nitrogens with zero attached hydrogens (tertiary/aromatic N) is 7. The molecular formula is C71H88N8O. The molecule has 0 saturated carbocycles. The van der Waals surface area contributed by atoms with E-state index in [1.54, 1.807) is 19.6 Å². The van der Waals surface area contributed by atoms with Crippen molar-refractivity contribution in [3.05, 3.63) is 222 Å². The largest absolute Gasteiger partial charge is 0.354 e. The van der Waals surface area contributed by atoms with Crippen LogP contribution in [0.4, 0.5) is 0 Å². The molecule has 1 N–H and O–H groups in total. The Balaban J connectivity index is 0.000000177. The predicted octanol–water partition coefficient (Wildman–Crippen LogP) is 17.6. The minimum atomic E-state index is -0.143. The molecule has 9 heteroatoms. The smallest absolute Gasteiger partial charge is 0.269 e. The number of amides is 1. The Hall–Kier alpha value is -7.78. The molecule has 0 unspecified atom stereocenters. The molecular weight excluding hydrogens is 981 g/mol. The van der Waals surface area contributed by atoms with Crippen LogP contribution < -0.4 is 5.32 Å². The van der Waals surface area contributed by atoms with Crippen LogP contribution in [0, 0.1) is 0 Å². The fourth-order valence-corrected chi connectivity index (χ4v) is 8.06. The highest BCUT2D eigenvalue weighted by atomic mass is 16.1. The molecule has 10 rings (SSSR count). The Morgan fingerprint density at radius 1 is 0.325 bits per heavy atom. The van der Waals surface area contributed by atoms with Crippen molar-refractivity contribution in [1.82, 2.24) is 40.2 Å². The Kier molecular flexibility index (Phi) is 21.2. The lowest BCUT2D eigenvalue weighted by Gasteiger charge is -2.19. The van der Waals surface area contributed by atoms with Gasteiger partial charge < -0.3 is 5.32 Å². The van der Waals surface area contributed by atoms with E-state index in [0.29, 0.717) is 5.69 Å². The SMILES string of the molecule is CC(C)(C)c1ccc2cccnc2c1.CC(C)(C)c1ccc2cccnc2c1.CC(C)(C)c1ccc2ncccc2c1.CC(C)(C)c1ccc2ncncc2c1.CC(C)(C)c1ccncc1.CNC(=O)c1cc(C(C)(C)C)ccn1. The summed E-state index contributed by atoms with van der Waals surface area (Å²) in [5.41, 5.74) is 13.6. The van der Waals surface area contributed by atoms with E-state index in [9.17, 15) is 4.79 Å². The third-order valence-corrected chi connectivity index (χ3v) is 13.4. The average Bonchev–Trinajstić information content (AvgIpc) is 3.47. The second-order valence-corrected chi connectivity index (χ2v) is 26.3. The Labute approximate surface area is 478 Å². The van der Waals surface area contributed by atoms with Crippen LogP contribution in [-0.2, 0) is 32.5 Å². The van der Waals surface area contributed by atoms with Gasteiger partial charge in [-0.05, 0) is 145 Å². The highest BCUT2D eigenvalue weighted by Gasteiger charge is 2.18. The number of aromatic nitrogens is 7. The molecule has 80 heavy (non-hydrogen) atoms. The van der Waals surface area contributed by atoms with Crippen LogP contribution in [0.2, 0.25) is 0 Å². The molecule has 418 valence electrons. The van der Waals surface area contributed by atoms with Crippen molar-refractivity contribution >= 4 is 49.5 Å². The van der Waals surface area contributed by atoms with E-state index >= 15 is 0 Å². The monoisotopic (exact) mass is 1070 g/mol. The number of rotatable bonds is 1. The Morgan fingerprint density at radius 3 is 1.14 bits per heavy atom. The summed E-state index contributed by atoms with van der Waals surface area (Å²) in [6, 6.07) is 45.9. The number of nitrogens with one attached hydrogen (secondary N) is 1. The van der Waals surface area contributed by atoms with E-state index in [-0.39, 0.29) is 38.4 Å². The third kappa shape index (κ3) is 19.2. The standard InChI is InChI=1S/3C13H15N.C12H14N2.C11H16N2O.C9H13N/c1-13(2,3)11-6-7-12-10(9-11)5-4-8-14-12;2*1-13(2,3)11-7-6-10-5-4-8-14-12(10)9-11;1-12(2,3)10-4-5-11-9(6-10)7-13-8-14-11;1-11(2,3)8-5-6-13-9(7-8)10(14)12-4;1-9(2,3)8-4-6-10-7-5-8/h3*4-9H,1-3H3;4-8H,1-3H3;5-7H,1-4H3,(H,12,14);4-7H,1-3H3. The third-order valence-electron chi connectivity index (χ3n) is 13.4. The summed E-state index contributed by atoms with van der Waals surface area (Å²) in [5, 5.41) is 7.31. The van der Waals surface area contributed by atoms with Crippen molar-refractivity contribution in [2.45, 2.75) is 157 Å². The van der Waals surface area contributed by atoms with Crippen LogP contribution in [0.25, 0.3) is 43.6 Å². The molecule has 9 nitrogen and oxygen atoms in total. The van der Waals surface area contributed by atoms with Crippen LogP contribution in [0.15, 0.2) is 183 Å². The number of hydrogen-bond acceptors (Lipinski definition) is 8. The minimum absolute atomic E-state index is 0.0473. The molecule has 0 radical (unpaired) electrons. The van der Waals surface area contributed by atoms with Crippen LogP contribution in [-0.4, -0.2) is 47.8 Å². The summed E-state index contributed by atoms with van der Waals surface area (Å²) in [6.45, 7) is 39.5. The quantitative estimate of drug-likeness (QED) is 0.173. The molecule has 0 aliphatic carbocycles. The molecule has 6 aromatic heterocycles. The number of carbonyl (C=O) groups is 1. The van der Waals surface area contributed by atoms with Crippen molar-refractivity contribution < 1.29 is 4.79 Å². The van der Waals surface area contributed by atoms with Crippen molar-refractivity contribution in [2.24, 2.45) is 0 Å². The maximum Gasteiger partial charge on any atom is 0.269 e. The molecule has 0 atom stereocenters. The minimum Gasteiger partial charge on any atom is -0.354 e. The molecule has 0 saturated heterocycles. The zero-order valence-electron chi connectivity index (χ0n) is 51.4. The second-order valence-electron chi connectivity index (χ2n) is 26.3. The lowest BCUT2D eigenvalue weighted by Crippen LogP contribution is -2.20. The maximum absolute atomic E-state index is 11.3. The van der Waals surface area contributed by atoms with Gasteiger partial charge in [0, 0.05) is 72.0 Å². The summed E-state index contributed by atoms with van der Waals surface area (Å²) in [6.07, 6.45) is 14.3. The first-order valence-electron chi connectivity index (χ1n) is 27.7. The summed E-state index contributed by atoms with van der Waals surface area (Å²) in [4.78, 5) is 40.5. The summed E-state index contributed by atoms with van der Waals surface area (Å²) < 4.78 is 0. The van der Waals surface area contributed by atoms with E-state index in [1.165, 1.54) is 44.0 Å². The van der Waals surface area contributed by atoms with Gasteiger partial charge in [0.05, 0.1) is 22.1 Å². The number of pyridine rings is 5. The zero-order chi connectivity index (χ0) is 59.1. The van der Waals surface area contributed by atoms with Crippen molar-refractivity contribution in [1.29, 1.82) is 0 Å². The zero-order valence-corrected chi connectivity index (χ0v) is 51.4. The van der Waals surface area contributed by atoms with E-state index in [1.807, 2.05) is 67.5 Å². The topological polar surface area (TPSA) is 119 Å².